The van der Waals surface area contributed by atoms with Crippen LogP contribution in [-0.2, 0) is 17.6 Å². The van der Waals surface area contributed by atoms with Gasteiger partial charge in [0.1, 0.15) is 5.75 Å². The number of fused-ring (bicyclic) bond motifs is 1. The third-order valence-corrected chi connectivity index (χ3v) is 5.40. The number of rotatable bonds is 8. The van der Waals surface area contributed by atoms with Crippen molar-refractivity contribution in [2.75, 3.05) is 6.54 Å². The van der Waals surface area contributed by atoms with Crippen molar-refractivity contribution in [2.24, 2.45) is 0 Å². The highest BCUT2D eigenvalue weighted by atomic mass is 35.5. The third kappa shape index (κ3) is 5.25. The average molecular weight is 404 g/mol. The molecule has 0 aromatic heterocycles. The van der Waals surface area contributed by atoms with E-state index in [1.807, 2.05) is 30.3 Å². The highest BCUT2D eigenvalue weighted by molar-refractivity contribution is 6.30. The van der Waals surface area contributed by atoms with Crippen LogP contribution < -0.4 is 10.1 Å². The molecule has 1 aliphatic rings. The van der Waals surface area contributed by atoms with E-state index in [0.717, 1.165) is 24.8 Å². The summed E-state index contributed by atoms with van der Waals surface area (Å²) in [6, 6.07) is 13.3. The van der Waals surface area contributed by atoms with Crippen LogP contribution in [0.3, 0.4) is 0 Å². The predicted octanol–water partition coefficient (Wildman–Crippen LogP) is 3.76. The number of carbonyl (C=O) groups is 1. The predicted molar refractivity (Wildman–Crippen MR) is 109 cm³/mol. The molecular formula is C22H26ClNO4. The van der Waals surface area contributed by atoms with Crippen molar-refractivity contribution in [1.29, 1.82) is 0 Å². The Bertz CT molecular complexity index is 826. The SMILES string of the molecule is CCC(Oc1ccc2c(c1)C[C@@H](NC[C@@H](O)c1cccc(Cl)c1)CC2)C(=O)O. The normalized spacial score (nSPS) is 18.2. The van der Waals surface area contributed by atoms with E-state index in [9.17, 15) is 15.0 Å². The van der Waals surface area contributed by atoms with Crippen LogP contribution in [0.2, 0.25) is 5.02 Å². The lowest BCUT2D eigenvalue weighted by Crippen LogP contribution is -2.37. The molecule has 2 aromatic carbocycles. The summed E-state index contributed by atoms with van der Waals surface area (Å²) in [5.74, 6) is -0.359. The van der Waals surface area contributed by atoms with Crippen molar-refractivity contribution in [2.45, 2.75) is 50.9 Å². The summed E-state index contributed by atoms with van der Waals surface area (Å²) in [6.45, 7) is 2.25. The molecule has 0 spiro atoms. The molecule has 0 radical (unpaired) electrons. The quantitative estimate of drug-likeness (QED) is 0.625. The van der Waals surface area contributed by atoms with Gasteiger partial charge in [-0.1, -0.05) is 36.7 Å². The smallest absolute Gasteiger partial charge is 0.344 e. The van der Waals surface area contributed by atoms with E-state index in [4.69, 9.17) is 16.3 Å². The van der Waals surface area contributed by atoms with Crippen LogP contribution in [0.15, 0.2) is 42.5 Å². The Morgan fingerprint density at radius 2 is 2.11 bits per heavy atom. The van der Waals surface area contributed by atoms with Gasteiger partial charge in [0, 0.05) is 17.6 Å². The van der Waals surface area contributed by atoms with Crippen LogP contribution >= 0.6 is 11.6 Å². The number of hydrogen-bond acceptors (Lipinski definition) is 4. The molecule has 0 heterocycles. The third-order valence-electron chi connectivity index (χ3n) is 5.16. The average Bonchev–Trinajstić information content (AvgIpc) is 2.69. The lowest BCUT2D eigenvalue weighted by molar-refractivity contribution is -0.145. The van der Waals surface area contributed by atoms with Crippen molar-refractivity contribution in [1.82, 2.24) is 5.32 Å². The fourth-order valence-corrected chi connectivity index (χ4v) is 3.76. The van der Waals surface area contributed by atoms with Gasteiger partial charge in [0.25, 0.3) is 0 Å². The van der Waals surface area contributed by atoms with Gasteiger partial charge in [-0.25, -0.2) is 4.79 Å². The van der Waals surface area contributed by atoms with Crippen LogP contribution in [0.1, 0.15) is 42.6 Å². The van der Waals surface area contributed by atoms with Gasteiger partial charge in [-0.05, 0) is 66.6 Å². The number of aliphatic carboxylic acids is 1. The van der Waals surface area contributed by atoms with E-state index in [1.54, 1.807) is 19.1 Å². The number of aryl methyl sites for hydroxylation is 1. The maximum absolute atomic E-state index is 11.2. The van der Waals surface area contributed by atoms with Gasteiger partial charge in [0.2, 0.25) is 0 Å². The number of benzene rings is 2. The number of aliphatic hydroxyl groups excluding tert-OH is 1. The summed E-state index contributed by atoms with van der Waals surface area (Å²) in [6.07, 6.45) is 1.72. The van der Waals surface area contributed by atoms with Crippen molar-refractivity contribution in [3.8, 4) is 5.75 Å². The van der Waals surface area contributed by atoms with Gasteiger partial charge in [-0.2, -0.15) is 0 Å². The van der Waals surface area contributed by atoms with Crippen LogP contribution in [0, 0.1) is 0 Å². The monoisotopic (exact) mass is 403 g/mol. The van der Waals surface area contributed by atoms with Crippen molar-refractivity contribution in [3.63, 3.8) is 0 Å². The largest absolute Gasteiger partial charge is 0.479 e. The molecule has 2 aromatic rings. The highest BCUT2D eigenvalue weighted by Gasteiger charge is 2.22. The Morgan fingerprint density at radius 3 is 2.82 bits per heavy atom. The molecule has 3 atom stereocenters. The maximum Gasteiger partial charge on any atom is 0.344 e. The summed E-state index contributed by atoms with van der Waals surface area (Å²) in [4.78, 5) is 11.2. The number of ether oxygens (including phenoxy) is 1. The number of carboxylic acids is 1. The number of hydrogen-bond donors (Lipinski definition) is 3. The molecule has 0 fully saturated rings. The second-order valence-electron chi connectivity index (χ2n) is 7.20. The molecule has 150 valence electrons. The highest BCUT2D eigenvalue weighted by Crippen LogP contribution is 2.27. The Kier molecular flexibility index (Phi) is 6.94. The van der Waals surface area contributed by atoms with Gasteiger partial charge in [0.05, 0.1) is 6.10 Å². The minimum atomic E-state index is -0.949. The first-order valence-corrected chi connectivity index (χ1v) is 10.0. The Labute approximate surface area is 170 Å². The zero-order valence-electron chi connectivity index (χ0n) is 15.9. The van der Waals surface area contributed by atoms with E-state index >= 15 is 0 Å². The van der Waals surface area contributed by atoms with E-state index < -0.39 is 18.2 Å². The molecule has 3 N–H and O–H groups in total. The molecule has 28 heavy (non-hydrogen) atoms. The minimum Gasteiger partial charge on any atom is -0.479 e. The molecule has 3 rings (SSSR count). The van der Waals surface area contributed by atoms with Gasteiger partial charge in [-0.15, -0.1) is 0 Å². The second-order valence-corrected chi connectivity index (χ2v) is 7.64. The molecule has 0 amide bonds. The standard InChI is InChI=1S/C22H26ClNO4/c1-2-21(22(26)27)28-19-9-7-14-6-8-18(11-16(14)12-19)24-13-20(25)15-4-3-5-17(23)10-15/h3-5,7,9-10,12,18,20-21,24-25H,2,6,8,11,13H2,1H3,(H,26,27)/t18-,20+,21?/m0/s1. The fourth-order valence-electron chi connectivity index (χ4n) is 3.56. The van der Waals surface area contributed by atoms with Crippen molar-refractivity contribution in [3.05, 3.63) is 64.2 Å². The topological polar surface area (TPSA) is 78.8 Å². The molecule has 1 aliphatic carbocycles. The fraction of sp³-hybridized carbons (Fsp3) is 0.409. The summed E-state index contributed by atoms with van der Waals surface area (Å²) < 4.78 is 5.62. The van der Waals surface area contributed by atoms with Crippen molar-refractivity contribution >= 4 is 17.6 Å². The van der Waals surface area contributed by atoms with Crippen molar-refractivity contribution < 1.29 is 19.7 Å². The lowest BCUT2D eigenvalue weighted by Gasteiger charge is -2.27. The lowest BCUT2D eigenvalue weighted by atomic mass is 9.88. The number of halogens is 1. The zero-order chi connectivity index (χ0) is 20.1. The Hall–Kier alpha value is -2.08. The van der Waals surface area contributed by atoms with Crippen LogP contribution in [0.4, 0.5) is 0 Å². The Morgan fingerprint density at radius 1 is 1.29 bits per heavy atom. The first kappa shape index (κ1) is 20.6. The van der Waals surface area contributed by atoms with E-state index in [2.05, 4.69) is 5.32 Å². The van der Waals surface area contributed by atoms with Gasteiger partial charge in [-0.3, -0.25) is 0 Å². The van der Waals surface area contributed by atoms with E-state index in [1.165, 1.54) is 11.1 Å². The second kappa shape index (κ2) is 9.41. The molecule has 1 unspecified atom stereocenters. The number of aliphatic hydroxyl groups is 1. The van der Waals surface area contributed by atoms with Crippen LogP contribution in [-0.4, -0.2) is 34.9 Å². The minimum absolute atomic E-state index is 0.248. The molecule has 0 saturated carbocycles. The zero-order valence-corrected chi connectivity index (χ0v) is 16.7. The molecule has 5 nitrogen and oxygen atoms in total. The molecule has 0 aliphatic heterocycles. The first-order valence-electron chi connectivity index (χ1n) is 9.64. The molecule has 6 heteroatoms. The first-order chi connectivity index (χ1) is 13.5. The van der Waals surface area contributed by atoms with Crippen LogP contribution in [0.5, 0.6) is 5.75 Å². The van der Waals surface area contributed by atoms with E-state index in [0.29, 0.717) is 23.7 Å². The van der Waals surface area contributed by atoms with Gasteiger partial charge >= 0.3 is 5.97 Å². The summed E-state index contributed by atoms with van der Waals surface area (Å²) >= 11 is 5.99. The molecule has 0 saturated heterocycles. The maximum atomic E-state index is 11.2. The number of carboxylic acid groups (broad SMARTS) is 1. The summed E-state index contributed by atoms with van der Waals surface area (Å²) in [5, 5.41) is 23.6. The summed E-state index contributed by atoms with van der Waals surface area (Å²) in [7, 11) is 0. The number of nitrogens with one attached hydrogen (secondary N) is 1. The summed E-state index contributed by atoms with van der Waals surface area (Å²) in [5.41, 5.74) is 3.23. The molecular weight excluding hydrogens is 378 g/mol. The van der Waals surface area contributed by atoms with Gasteiger partial charge in [0.15, 0.2) is 6.10 Å². The molecule has 0 bridgehead atoms. The van der Waals surface area contributed by atoms with Crippen LogP contribution in [0.25, 0.3) is 0 Å². The van der Waals surface area contributed by atoms with E-state index in [-0.39, 0.29) is 6.04 Å². The van der Waals surface area contributed by atoms with Gasteiger partial charge < -0.3 is 20.3 Å². The Balaban J connectivity index is 1.60.